The Labute approximate surface area is 186 Å². The van der Waals surface area contributed by atoms with Crippen LogP contribution in [0, 0.1) is 0 Å². The number of fused-ring (bicyclic) bond motifs is 3. The maximum atomic E-state index is 12.9. The molecule has 32 heavy (non-hydrogen) atoms. The Morgan fingerprint density at radius 2 is 1.94 bits per heavy atom. The second-order valence-corrected chi connectivity index (χ2v) is 9.97. The summed E-state index contributed by atoms with van der Waals surface area (Å²) in [5.41, 5.74) is 5.52. The standard InChI is InChI=1S/C21H26N4O6S/c26-7-8-30-15-11-25-20(31-12-15)18(10-22-25)32(28,29)24-21(27)23-19-16-5-1-3-13(16)9-14-4-2-6-17(14)19/h9-10,15,26H,1-8,11-12H2,(H2,23,24,27)/t15-/m1/s1. The van der Waals surface area contributed by atoms with Gasteiger partial charge in [0.15, 0.2) is 4.90 Å². The van der Waals surface area contributed by atoms with E-state index in [0.29, 0.717) is 6.54 Å². The molecule has 5 rings (SSSR count). The van der Waals surface area contributed by atoms with Crippen molar-refractivity contribution in [2.75, 3.05) is 25.1 Å². The number of aliphatic hydroxyl groups is 1. The maximum absolute atomic E-state index is 12.9. The third-order valence-corrected chi connectivity index (χ3v) is 7.53. The molecule has 0 radical (unpaired) electrons. The molecule has 2 aliphatic carbocycles. The predicted octanol–water partition coefficient (Wildman–Crippen LogP) is 1.14. The fourth-order valence-electron chi connectivity index (χ4n) is 4.84. The van der Waals surface area contributed by atoms with E-state index in [1.807, 2.05) is 0 Å². The van der Waals surface area contributed by atoms with E-state index in [9.17, 15) is 13.2 Å². The number of aliphatic hydroxyl groups excluding tert-OH is 1. The SMILES string of the molecule is O=C(Nc1c2c(cc3c1CCC3)CCC2)NS(=O)(=O)c1cnn2c1OC[C@H](OCCO)C2. The Hall–Kier alpha value is -2.63. The summed E-state index contributed by atoms with van der Waals surface area (Å²) in [6.07, 6.45) is 6.64. The number of hydrogen-bond acceptors (Lipinski definition) is 7. The Balaban J connectivity index is 1.33. The van der Waals surface area contributed by atoms with Crippen LogP contribution in [0.2, 0.25) is 0 Å². The number of rotatable bonds is 6. The number of sulfonamides is 1. The molecule has 1 atom stereocenters. The summed E-state index contributed by atoms with van der Waals surface area (Å²) in [6, 6.07) is 1.46. The lowest BCUT2D eigenvalue weighted by Crippen LogP contribution is -2.36. The van der Waals surface area contributed by atoms with Crippen molar-refractivity contribution < 1.29 is 27.8 Å². The van der Waals surface area contributed by atoms with Crippen molar-refractivity contribution in [1.29, 1.82) is 0 Å². The number of amides is 2. The third kappa shape index (κ3) is 3.84. The van der Waals surface area contributed by atoms with Gasteiger partial charge in [-0.1, -0.05) is 6.07 Å². The Morgan fingerprint density at radius 3 is 2.62 bits per heavy atom. The molecule has 0 spiro atoms. The van der Waals surface area contributed by atoms with Gasteiger partial charge in [0.05, 0.1) is 26.0 Å². The van der Waals surface area contributed by atoms with Crippen LogP contribution in [0.5, 0.6) is 5.88 Å². The van der Waals surface area contributed by atoms with Crippen molar-refractivity contribution in [3.63, 3.8) is 0 Å². The van der Waals surface area contributed by atoms with E-state index in [0.717, 1.165) is 61.5 Å². The van der Waals surface area contributed by atoms with Gasteiger partial charge in [0.1, 0.15) is 12.7 Å². The molecule has 2 aromatic rings. The molecule has 0 fully saturated rings. The highest BCUT2D eigenvalue weighted by Gasteiger charge is 2.32. The summed E-state index contributed by atoms with van der Waals surface area (Å²) in [6.45, 7) is 0.460. The molecule has 0 saturated carbocycles. The summed E-state index contributed by atoms with van der Waals surface area (Å²) < 4.78 is 40.3. The molecule has 2 heterocycles. The van der Waals surface area contributed by atoms with Crippen molar-refractivity contribution in [3.8, 4) is 5.88 Å². The van der Waals surface area contributed by atoms with Crippen molar-refractivity contribution in [2.24, 2.45) is 0 Å². The Kier molecular flexibility index (Phi) is 5.56. The van der Waals surface area contributed by atoms with Crippen LogP contribution in [-0.2, 0) is 47.0 Å². The number of aromatic nitrogens is 2. The number of nitrogens with one attached hydrogen (secondary N) is 2. The molecule has 3 aliphatic rings. The van der Waals surface area contributed by atoms with E-state index in [4.69, 9.17) is 14.6 Å². The Morgan fingerprint density at radius 1 is 1.22 bits per heavy atom. The van der Waals surface area contributed by atoms with Crippen LogP contribution in [0.3, 0.4) is 0 Å². The average molecular weight is 463 g/mol. The minimum Gasteiger partial charge on any atom is -0.474 e. The highest BCUT2D eigenvalue weighted by atomic mass is 32.2. The molecular weight excluding hydrogens is 436 g/mol. The van der Waals surface area contributed by atoms with Crippen LogP contribution in [0.15, 0.2) is 17.2 Å². The summed E-state index contributed by atoms with van der Waals surface area (Å²) >= 11 is 0. The van der Waals surface area contributed by atoms with Gasteiger partial charge in [-0.3, -0.25) is 0 Å². The van der Waals surface area contributed by atoms with Crippen LogP contribution >= 0.6 is 0 Å². The van der Waals surface area contributed by atoms with E-state index in [1.165, 1.54) is 15.8 Å². The average Bonchev–Trinajstić information content (AvgIpc) is 3.50. The van der Waals surface area contributed by atoms with Crippen LogP contribution in [0.25, 0.3) is 0 Å². The molecule has 1 aromatic heterocycles. The minimum atomic E-state index is -4.19. The van der Waals surface area contributed by atoms with Crippen LogP contribution in [-0.4, -0.2) is 55.3 Å². The Bertz CT molecular complexity index is 1130. The number of nitrogens with zero attached hydrogens (tertiary/aromatic N) is 2. The monoisotopic (exact) mass is 462 g/mol. The summed E-state index contributed by atoms with van der Waals surface area (Å²) in [4.78, 5) is 12.6. The van der Waals surface area contributed by atoms with E-state index in [-0.39, 0.29) is 36.7 Å². The second-order valence-electron chi connectivity index (χ2n) is 8.32. The first kappa shape index (κ1) is 21.2. The van der Waals surface area contributed by atoms with Gasteiger partial charge in [0.25, 0.3) is 10.0 Å². The molecule has 0 bridgehead atoms. The summed E-state index contributed by atoms with van der Waals surface area (Å²) in [7, 11) is -4.19. The lowest BCUT2D eigenvalue weighted by Gasteiger charge is -2.24. The molecule has 1 aromatic carbocycles. The molecular formula is C21H26N4O6S. The van der Waals surface area contributed by atoms with Gasteiger partial charge in [-0.2, -0.15) is 5.10 Å². The zero-order valence-electron chi connectivity index (χ0n) is 17.6. The minimum absolute atomic E-state index is 0.0654. The van der Waals surface area contributed by atoms with Crippen molar-refractivity contribution in [2.45, 2.75) is 56.1 Å². The first-order chi connectivity index (χ1) is 15.5. The van der Waals surface area contributed by atoms with Gasteiger partial charge in [-0.05, 0) is 60.8 Å². The molecule has 0 unspecified atom stereocenters. The van der Waals surface area contributed by atoms with Gasteiger partial charge < -0.3 is 19.9 Å². The molecule has 0 saturated heterocycles. The van der Waals surface area contributed by atoms with E-state index >= 15 is 0 Å². The maximum Gasteiger partial charge on any atom is 0.333 e. The van der Waals surface area contributed by atoms with Crippen LogP contribution in [0.4, 0.5) is 10.5 Å². The molecule has 10 nitrogen and oxygen atoms in total. The molecule has 1 aliphatic heterocycles. The smallest absolute Gasteiger partial charge is 0.333 e. The number of urea groups is 1. The first-order valence-corrected chi connectivity index (χ1v) is 12.4. The highest BCUT2D eigenvalue weighted by Crippen LogP contribution is 2.38. The summed E-state index contributed by atoms with van der Waals surface area (Å²) in [5.74, 6) is 0.0654. The van der Waals surface area contributed by atoms with Crippen LogP contribution in [0.1, 0.15) is 35.1 Å². The molecule has 2 amide bonds. The zero-order chi connectivity index (χ0) is 22.3. The van der Waals surface area contributed by atoms with Crippen LogP contribution < -0.4 is 14.8 Å². The van der Waals surface area contributed by atoms with E-state index in [2.05, 4.69) is 21.2 Å². The largest absolute Gasteiger partial charge is 0.474 e. The van der Waals surface area contributed by atoms with Gasteiger partial charge in [0.2, 0.25) is 5.88 Å². The zero-order valence-corrected chi connectivity index (χ0v) is 18.4. The number of benzene rings is 1. The lowest BCUT2D eigenvalue weighted by molar-refractivity contribution is -0.0260. The van der Waals surface area contributed by atoms with Crippen molar-refractivity contribution in [1.82, 2.24) is 14.5 Å². The molecule has 3 N–H and O–H groups in total. The number of aryl methyl sites for hydroxylation is 2. The molecule has 172 valence electrons. The van der Waals surface area contributed by atoms with Gasteiger partial charge in [0, 0.05) is 5.69 Å². The van der Waals surface area contributed by atoms with Gasteiger partial charge >= 0.3 is 6.03 Å². The fraction of sp³-hybridized carbons (Fsp3) is 0.524. The first-order valence-electron chi connectivity index (χ1n) is 10.9. The quantitative estimate of drug-likeness (QED) is 0.587. The second kappa shape index (κ2) is 8.38. The number of carbonyl (C=O) groups excluding carboxylic acids is 1. The highest BCUT2D eigenvalue weighted by molar-refractivity contribution is 7.90. The van der Waals surface area contributed by atoms with Crippen molar-refractivity contribution in [3.05, 3.63) is 34.5 Å². The normalized spacial score (nSPS) is 19.1. The van der Waals surface area contributed by atoms with Crippen molar-refractivity contribution >= 4 is 21.7 Å². The van der Waals surface area contributed by atoms with Gasteiger partial charge in [-0.25, -0.2) is 22.6 Å². The van der Waals surface area contributed by atoms with E-state index in [1.54, 1.807) is 0 Å². The number of ether oxygens (including phenoxy) is 2. The van der Waals surface area contributed by atoms with Gasteiger partial charge in [-0.15, -0.1) is 0 Å². The summed E-state index contributed by atoms with van der Waals surface area (Å²) in [5, 5.41) is 15.8. The van der Waals surface area contributed by atoms with E-state index < -0.39 is 16.1 Å². The topological polar surface area (TPSA) is 132 Å². The molecule has 11 heteroatoms. The number of anilines is 1. The lowest BCUT2D eigenvalue weighted by atomic mass is 9.99. The fourth-order valence-corrected chi connectivity index (χ4v) is 5.82. The third-order valence-electron chi connectivity index (χ3n) is 6.22. The predicted molar refractivity (Wildman–Crippen MR) is 114 cm³/mol. The number of hydrogen-bond donors (Lipinski definition) is 3. The number of carbonyl (C=O) groups is 1.